The molecule has 1 spiro atoms. The summed E-state index contributed by atoms with van der Waals surface area (Å²) in [4.78, 5) is 59.4. The lowest BCUT2D eigenvalue weighted by Crippen LogP contribution is -2.32. The predicted octanol–water partition coefficient (Wildman–Crippen LogP) is 2.81. The molecule has 6 rings (SSSR count). The van der Waals surface area contributed by atoms with E-state index in [0.29, 0.717) is 35.4 Å². The van der Waals surface area contributed by atoms with Crippen LogP contribution in [0, 0.1) is 19.8 Å². The SMILES string of the molecule is CC(=O)Nc1cn(C)c(C(=O)Nc2cc(/C=C/C(=O)N3CC4CC45C3=CC(=O)c3[nH]c(C)c(C)c35)n(C)c2)n1. The van der Waals surface area contributed by atoms with Gasteiger partial charge in [0.15, 0.2) is 5.82 Å². The smallest absolute Gasteiger partial charge is 0.291 e. The van der Waals surface area contributed by atoms with E-state index >= 15 is 0 Å². The molecule has 4 heterocycles. The molecule has 2 aliphatic carbocycles. The maximum Gasteiger partial charge on any atom is 0.291 e. The molecule has 0 radical (unpaired) electrons. The lowest BCUT2D eigenvalue weighted by atomic mass is 9.83. The molecule has 3 aromatic rings. The molecule has 39 heavy (non-hydrogen) atoms. The monoisotopic (exact) mass is 527 g/mol. The molecule has 0 bridgehead atoms. The van der Waals surface area contributed by atoms with Crippen molar-refractivity contribution in [2.75, 3.05) is 17.2 Å². The van der Waals surface area contributed by atoms with Crippen molar-refractivity contribution in [2.45, 2.75) is 32.6 Å². The summed E-state index contributed by atoms with van der Waals surface area (Å²) in [6.45, 7) is 5.97. The summed E-state index contributed by atoms with van der Waals surface area (Å²) in [6, 6.07) is 1.75. The molecule has 11 heteroatoms. The van der Waals surface area contributed by atoms with Gasteiger partial charge >= 0.3 is 0 Å². The van der Waals surface area contributed by atoms with Crippen LogP contribution in [0.25, 0.3) is 6.08 Å². The molecule has 11 nitrogen and oxygen atoms in total. The summed E-state index contributed by atoms with van der Waals surface area (Å²) in [5, 5.41) is 5.36. The second-order valence-electron chi connectivity index (χ2n) is 10.6. The van der Waals surface area contributed by atoms with Gasteiger partial charge in [0, 0.05) is 74.6 Å². The zero-order valence-corrected chi connectivity index (χ0v) is 22.4. The van der Waals surface area contributed by atoms with Crippen LogP contribution in [0.2, 0.25) is 0 Å². The quantitative estimate of drug-likeness (QED) is 0.439. The minimum atomic E-state index is -0.434. The largest absolute Gasteiger partial charge is 0.355 e. The number of fused-ring (bicyclic) bond motifs is 1. The van der Waals surface area contributed by atoms with Crippen LogP contribution < -0.4 is 10.6 Å². The molecule has 1 saturated carbocycles. The van der Waals surface area contributed by atoms with Gasteiger partial charge in [0.1, 0.15) is 0 Å². The zero-order valence-electron chi connectivity index (χ0n) is 22.4. The molecule has 2 unspecified atom stereocenters. The molecular weight excluding hydrogens is 498 g/mol. The molecule has 3 aromatic heterocycles. The van der Waals surface area contributed by atoms with Gasteiger partial charge < -0.3 is 29.7 Å². The average Bonchev–Trinajstić information content (AvgIpc) is 3.12. The Balaban J connectivity index is 1.17. The summed E-state index contributed by atoms with van der Waals surface area (Å²) in [6.07, 6.45) is 9.08. The second kappa shape index (κ2) is 8.42. The number of anilines is 2. The van der Waals surface area contributed by atoms with E-state index in [1.54, 1.807) is 47.1 Å². The van der Waals surface area contributed by atoms with Gasteiger partial charge in [-0.1, -0.05) is 0 Å². The van der Waals surface area contributed by atoms with E-state index in [9.17, 15) is 19.2 Å². The Morgan fingerprint density at radius 3 is 2.67 bits per heavy atom. The van der Waals surface area contributed by atoms with Crippen LogP contribution in [-0.2, 0) is 29.1 Å². The average molecular weight is 528 g/mol. The fourth-order valence-corrected chi connectivity index (χ4v) is 6.10. The number of carbonyl (C=O) groups is 4. The Morgan fingerprint density at radius 2 is 1.92 bits per heavy atom. The molecule has 3 amide bonds. The van der Waals surface area contributed by atoms with E-state index < -0.39 is 5.91 Å². The van der Waals surface area contributed by atoms with E-state index in [2.05, 4.69) is 20.6 Å². The number of aromatic nitrogens is 4. The Morgan fingerprint density at radius 1 is 1.15 bits per heavy atom. The van der Waals surface area contributed by atoms with Gasteiger partial charge in [0.25, 0.3) is 11.8 Å². The lowest BCUT2D eigenvalue weighted by Gasteiger charge is -2.27. The molecule has 3 N–H and O–H groups in total. The van der Waals surface area contributed by atoms with Gasteiger partial charge in [0.05, 0.1) is 11.4 Å². The van der Waals surface area contributed by atoms with Gasteiger partial charge in [-0.05, 0) is 49.5 Å². The van der Waals surface area contributed by atoms with Crippen LogP contribution in [0.3, 0.4) is 0 Å². The molecule has 1 aliphatic heterocycles. The molecular formula is C28H29N7O4. The first-order valence-corrected chi connectivity index (χ1v) is 12.7. The van der Waals surface area contributed by atoms with Crippen molar-refractivity contribution in [1.82, 2.24) is 24.0 Å². The van der Waals surface area contributed by atoms with Gasteiger partial charge in [-0.3, -0.25) is 19.2 Å². The number of aromatic amines is 1. The van der Waals surface area contributed by atoms with Crippen LogP contribution in [0.15, 0.2) is 36.3 Å². The standard InChI is InChI=1S/C28H29N7O4/c1-14-15(2)29-25-20(37)9-21-28(24(14)25)10-17(28)11-35(21)23(38)7-6-19-8-18(12-33(19)4)31-27(39)26-32-22(13-34(26)5)30-16(3)36/h6-9,12-13,17,29H,10-11H2,1-5H3,(H,30,36)(H,31,39)/b7-6+. The normalized spacial score (nSPS) is 20.9. The van der Waals surface area contributed by atoms with Crippen molar-refractivity contribution >= 4 is 41.1 Å². The van der Waals surface area contributed by atoms with E-state index in [4.69, 9.17) is 0 Å². The number of hydrogen-bond acceptors (Lipinski definition) is 5. The number of piperidine rings is 1. The Bertz CT molecular complexity index is 1670. The number of aryl methyl sites for hydroxylation is 3. The van der Waals surface area contributed by atoms with Crippen LogP contribution in [0.5, 0.6) is 0 Å². The first kappa shape index (κ1) is 24.7. The molecule has 1 saturated heterocycles. The Labute approximate surface area is 224 Å². The van der Waals surface area contributed by atoms with Gasteiger partial charge in [0.2, 0.25) is 17.5 Å². The summed E-state index contributed by atoms with van der Waals surface area (Å²) in [7, 11) is 3.48. The lowest BCUT2D eigenvalue weighted by molar-refractivity contribution is -0.124. The van der Waals surface area contributed by atoms with E-state index in [-0.39, 0.29) is 28.8 Å². The van der Waals surface area contributed by atoms with Gasteiger partial charge in [-0.25, -0.2) is 4.98 Å². The number of rotatable bonds is 5. The number of allylic oxidation sites excluding steroid dienone is 2. The second-order valence-corrected chi connectivity index (χ2v) is 10.6. The van der Waals surface area contributed by atoms with Crippen molar-refractivity contribution in [2.24, 2.45) is 20.0 Å². The first-order chi connectivity index (χ1) is 18.5. The summed E-state index contributed by atoms with van der Waals surface area (Å²) >= 11 is 0. The summed E-state index contributed by atoms with van der Waals surface area (Å²) in [5.74, 6) is -0.231. The highest BCUT2D eigenvalue weighted by Gasteiger charge is 2.68. The van der Waals surface area contributed by atoms with Crippen molar-refractivity contribution in [3.05, 3.63) is 70.3 Å². The third-order valence-corrected chi connectivity index (χ3v) is 8.06. The fourth-order valence-electron chi connectivity index (χ4n) is 6.10. The minimum Gasteiger partial charge on any atom is -0.355 e. The Kier molecular flexibility index (Phi) is 5.32. The number of H-pyrrole nitrogens is 1. The number of hydrogen-bond donors (Lipinski definition) is 3. The molecule has 200 valence electrons. The highest BCUT2D eigenvalue weighted by Crippen LogP contribution is 2.67. The number of likely N-dealkylation sites (tertiary alicyclic amines) is 1. The van der Waals surface area contributed by atoms with Crippen molar-refractivity contribution in [3.8, 4) is 0 Å². The van der Waals surface area contributed by atoms with E-state index in [1.165, 1.54) is 17.6 Å². The first-order valence-electron chi connectivity index (χ1n) is 12.7. The number of nitrogens with one attached hydrogen (secondary N) is 3. The van der Waals surface area contributed by atoms with Crippen molar-refractivity contribution < 1.29 is 19.2 Å². The van der Waals surface area contributed by atoms with Crippen LogP contribution in [0.4, 0.5) is 11.5 Å². The number of carbonyl (C=O) groups excluding carboxylic acids is 4. The highest BCUT2D eigenvalue weighted by atomic mass is 16.2. The van der Waals surface area contributed by atoms with Crippen LogP contribution >= 0.6 is 0 Å². The number of nitrogens with zero attached hydrogens (tertiary/aromatic N) is 4. The third-order valence-electron chi connectivity index (χ3n) is 8.06. The van der Waals surface area contributed by atoms with Crippen LogP contribution in [0.1, 0.15) is 57.0 Å². The zero-order chi connectivity index (χ0) is 27.8. The highest BCUT2D eigenvalue weighted by molar-refractivity contribution is 6.09. The predicted molar refractivity (Wildman–Crippen MR) is 144 cm³/mol. The number of imidazole rings is 1. The maximum atomic E-state index is 13.3. The number of amides is 3. The Hall–Kier alpha value is -4.67. The van der Waals surface area contributed by atoms with Gasteiger partial charge in [-0.2, -0.15) is 0 Å². The molecule has 2 fully saturated rings. The van der Waals surface area contributed by atoms with Crippen LogP contribution in [-0.4, -0.2) is 54.1 Å². The maximum absolute atomic E-state index is 13.3. The third kappa shape index (κ3) is 3.76. The van der Waals surface area contributed by atoms with E-state index in [0.717, 1.165) is 28.9 Å². The minimum absolute atomic E-state index is 0.0871. The molecule has 2 atom stereocenters. The van der Waals surface area contributed by atoms with Crippen molar-refractivity contribution in [1.29, 1.82) is 0 Å². The molecule has 3 aliphatic rings. The number of ketones is 1. The molecule has 0 aromatic carbocycles. The van der Waals surface area contributed by atoms with E-state index in [1.807, 2.05) is 20.9 Å². The van der Waals surface area contributed by atoms with Crippen molar-refractivity contribution in [3.63, 3.8) is 0 Å². The topological polar surface area (TPSA) is 134 Å². The van der Waals surface area contributed by atoms with Gasteiger partial charge in [-0.15, -0.1) is 0 Å². The summed E-state index contributed by atoms with van der Waals surface area (Å²) in [5.41, 5.74) is 5.63. The fraction of sp³-hybridized carbons (Fsp3) is 0.321. The summed E-state index contributed by atoms with van der Waals surface area (Å²) < 4.78 is 3.32.